The second-order valence-electron chi connectivity index (χ2n) is 5.16. The van der Waals surface area contributed by atoms with Gasteiger partial charge in [0.15, 0.2) is 16.7 Å². The van der Waals surface area contributed by atoms with E-state index in [9.17, 15) is 13.0 Å². The lowest BCUT2D eigenvalue weighted by atomic mass is 10.2. The van der Waals surface area contributed by atoms with Gasteiger partial charge in [-0.15, -0.1) is 0 Å². The fourth-order valence-corrected chi connectivity index (χ4v) is 3.37. The Balaban J connectivity index is 1.89. The highest BCUT2D eigenvalue weighted by molar-refractivity contribution is 7.86. The Morgan fingerprint density at radius 2 is 2.29 bits per heavy atom. The number of rotatable bonds is 5. The van der Waals surface area contributed by atoms with Gasteiger partial charge in [-0.1, -0.05) is 12.1 Å². The predicted octanol–water partition coefficient (Wildman–Crippen LogP) is 2.94. The van der Waals surface area contributed by atoms with Crippen molar-refractivity contribution in [1.29, 1.82) is 5.26 Å². The quantitative estimate of drug-likeness (QED) is 0.742. The number of nitriles is 1. The largest absolute Gasteiger partial charge is 0.360 e. The van der Waals surface area contributed by atoms with Crippen LogP contribution in [0.5, 0.6) is 0 Å². The number of hydrogen-bond donors (Lipinski definition) is 2. The number of halogens is 2. The smallest absolute Gasteiger partial charge is 0.257 e. The number of hydrogen-bond acceptors (Lipinski definition) is 3. The van der Waals surface area contributed by atoms with E-state index in [0.717, 1.165) is 21.1 Å². The first kappa shape index (κ1) is 16.1. The maximum absolute atomic E-state index is 12.6. The maximum atomic E-state index is 12.6. The Bertz CT molecular complexity index is 957. The summed E-state index contributed by atoms with van der Waals surface area (Å²) in [6.07, 6.45) is 0.202. The summed E-state index contributed by atoms with van der Waals surface area (Å²) < 4.78 is 41.1. The van der Waals surface area contributed by atoms with Crippen molar-refractivity contribution in [3.8, 4) is 6.07 Å². The van der Waals surface area contributed by atoms with Crippen molar-refractivity contribution >= 4 is 27.6 Å². The molecule has 3 aromatic rings. The lowest BCUT2D eigenvalue weighted by Crippen LogP contribution is -2.11. The fourth-order valence-electron chi connectivity index (χ4n) is 2.37. The van der Waals surface area contributed by atoms with Gasteiger partial charge < -0.3 is 4.98 Å². The zero-order valence-electron chi connectivity index (χ0n) is 12.6. The van der Waals surface area contributed by atoms with E-state index in [0.29, 0.717) is 4.90 Å². The molecule has 24 heavy (non-hydrogen) atoms. The van der Waals surface area contributed by atoms with Gasteiger partial charge in [-0.3, -0.25) is 4.72 Å². The van der Waals surface area contributed by atoms with Crippen LogP contribution in [-0.4, -0.2) is 25.4 Å². The van der Waals surface area contributed by atoms with Gasteiger partial charge in [-0.2, -0.15) is 10.4 Å². The number of H-pyrrole nitrogens is 1. The standard InChI is InChI=1S/C15H13F2N5OS/c1-9-2-3-10-11(4-9)19-7-14(10)24(23)21-12-6-20-22(8-15(16)17)13(12)5-18/h2-4,6-7,15,19,21H,8H2,1H3. The Hall–Kier alpha value is -2.73. The van der Waals surface area contributed by atoms with Gasteiger partial charge in [0.1, 0.15) is 18.3 Å². The number of nitrogens with zero attached hydrogens (tertiary/aromatic N) is 3. The molecule has 1 unspecified atom stereocenters. The number of aromatic nitrogens is 3. The first-order chi connectivity index (χ1) is 11.5. The molecule has 0 aliphatic heterocycles. The summed E-state index contributed by atoms with van der Waals surface area (Å²) in [5, 5.41) is 13.7. The third-order valence-corrected chi connectivity index (χ3v) is 4.60. The number of aromatic amines is 1. The molecule has 9 heteroatoms. The van der Waals surface area contributed by atoms with Crippen LogP contribution in [0.2, 0.25) is 0 Å². The Morgan fingerprint density at radius 3 is 3.00 bits per heavy atom. The van der Waals surface area contributed by atoms with Crippen molar-refractivity contribution < 1.29 is 13.0 Å². The van der Waals surface area contributed by atoms with E-state index in [-0.39, 0.29) is 11.4 Å². The van der Waals surface area contributed by atoms with Crippen molar-refractivity contribution in [2.45, 2.75) is 24.8 Å². The zero-order valence-corrected chi connectivity index (χ0v) is 13.4. The first-order valence-electron chi connectivity index (χ1n) is 7.00. The van der Waals surface area contributed by atoms with Crippen LogP contribution in [0.3, 0.4) is 0 Å². The summed E-state index contributed by atoms with van der Waals surface area (Å²) in [6.45, 7) is 1.26. The molecule has 0 saturated heterocycles. The third-order valence-electron chi connectivity index (χ3n) is 3.46. The SMILES string of the molecule is Cc1ccc2c(S(=O)Nc3cnn(CC(F)F)c3C#N)c[nH]c2c1. The van der Waals surface area contributed by atoms with E-state index >= 15 is 0 Å². The minimum absolute atomic E-state index is 0.0839. The molecular formula is C15H13F2N5OS. The van der Waals surface area contributed by atoms with Crippen LogP contribution in [0.15, 0.2) is 35.5 Å². The van der Waals surface area contributed by atoms with Crippen molar-refractivity contribution in [3.05, 3.63) is 41.9 Å². The van der Waals surface area contributed by atoms with Crippen molar-refractivity contribution in [3.63, 3.8) is 0 Å². The summed E-state index contributed by atoms with van der Waals surface area (Å²) >= 11 is 0. The lowest BCUT2D eigenvalue weighted by molar-refractivity contribution is 0.121. The molecule has 0 radical (unpaired) electrons. The van der Waals surface area contributed by atoms with Gasteiger partial charge in [-0.05, 0) is 18.6 Å². The van der Waals surface area contributed by atoms with Gasteiger partial charge >= 0.3 is 0 Å². The topological polar surface area (TPSA) is 86.5 Å². The number of benzene rings is 1. The van der Waals surface area contributed by atoms with Gasteiger partial charge in [0.05, 0.1) is 11.1 Å². The minimum Gasteiger partial charge on any atom is -0.360 e. The highest BCUT2D eigenvalue weighted by Crippen LogP contribution is 2.24. The average Bonchev–Trinajstić information content (AvgIpc) is 3.10. The number of alkyl halides is 2. The third kappa shape index (κ3) is 3.00. The second-order valence-corrected chi connectivity index (χ2v) is 6.35. The molecule has 0 fully saturated rings. The van der Waals surface area contributed by atoms with Crippen LogP contribution in [-0.2, 0) is 17.5 Å². The zero-order chi connectivity index (χ0) is 17.3. The van der Waals surface area contributed by atoms with Crippen LogP contribution < -0.4 is 4.72 Å². The van der Waals surface area contributed by atoms with E-state index < -0.39 is 24.0 Å². The van der Waals surface area contributed by atoms with Crippen molar-refractivity contribution in [1.82, 2.24) is 14.8 Å². The normalized spacial score (nSPS) is 12.5. The molecule has 6 nitrogen and oxygen atoms in total. The maximum Gasteiger partial charge on any atom is 0.257 e. The summed E-state index contributed by atoms with van der Waals surface area (Å²) in [4.78, 5) is 3.55. The molecule has 2 heterocycles. The highest BCUT2D eigenvalue weighted by atomic mass is 32.2. The van der Waals surface area contributed by atoms with Gasteiger partial charge in [0.25, 0.3) is 6.43 Å². The van der Waals surface area contributed by atoms with Gasteiger partial charge in [0.2, 0.25) is 0 Å². The Kier molecular flexibility index (Phi) is 4.31. The van der Waals surface area contributed by atoms with Crippen LogP contribution in [0.25, 0.3) is 10.9 Å². The second kappa shape index (κ2) is 6.41. The summed E-state index contributed by atoms with van der Waals surface area (Å²) in [5.74, 6) is 0. The van der Waals surface area contributed by atoms with Crippen LogP contribution in [0.4, 0.5) is 14.5 Å². The van der Waals surface area contributed by atoms with Gasteiger partial charge in [0, 0.05) is 17.1 Å². The van der Waals surface area contributed by atoms with E-state index in [1.165, 1.54) is 6.20 Å². The molecule has 124 valence electrons. The molecule has 3 rings (SSSR count). The molecule has 1 atom stereocenters. The lowest BCUT2D eigenvalue weighted by Gasteiger charge is -2.05. The molecule has 1 aromatic carbocycles. The molecular weight excluding hydrogens is 336 g/mol. The summed E-state index contributed by atoms with van der Waals surface area (Å²) in [5.41, 5.74) is 1.97. The number of aryl methyl sites for hydroxylation is 1. The van der Waals surface area contributed by atoms with Crippen LogP contribution >= 0.6 is 0 Å². The molecule has 0 amide bonds. The number of anilines is 1. The number of nitrogens with one attached hydrogen (secondary N) is 2. The molecule has 0 aliphatic rings. The summed E-state index contributed by atoms with van der Waals surface area (Å²) in [6, 6.07) is 7.48. The molecule has 0 aliphatic carbocycles. The van der Waals surface area contributed by atoms with E-state index in [1.807, 2.05) is 31.2 Å². The molecule has 0 bridgehead atoms. The van der Waals surface area contributed by atoms with Crippen LogP contribution in [0.1, 0.15) is 11.3 Å². The Labute approximate surface area is 138 Å². The molecule has 0 saturated carbocycles. The molecule has 0 spiro atoms. The average molecular weight is 349 g/mol. The van der Waals surface area contributed by atoms with Crippen LogP contribution in [0, 0.1) is 18.3 Å². The number of fused-ring (bicyclic) bond motifs is 1. The van der Waals surface area contributed by atoms with Crippen molar-refractivity contribution in [2.75, 3.05) is 4.72 Å². The van der Waals surface area contributed by atoms with E-state index in [4.69, 9.17) is 5.26 Å². The van der Waals surface area contributed by atoms with E-state index in [2.05, 4.69) is 14.8 Å². The predicted molar refractivity (Wildman–Crippen MR) is 86.0 cm³/mol. The molecule has 2 N–H and O–H groups in total. The fraction of sp³-hybridized carbons (Fsp3) is 0.200. The van der Waals surface area contributed by atoms with Crippen molar-refractivity contribution in [2.24, 2.45) is 0 Å². The molecule has 2 aromatic heterocycles. The minimum atomic E-state index is -2.63. The van der Waals surface area contributed by atoms with Gasteiger partial charge in [-0.25, -0.2) is 17.7 Å². The first-order valence-corrected chi connectivity index (χ1v) is 8.15. The summed E-state index contributed by atoms with van der Waals surface area (Å²) in [7, 11) is -1.67. The van der Waals surface area contributed by atoms with E-state index in [1.54, 1.807) is 6.20 Å². The Morgan fingerprint density at radius 1 is 1.50 bits per heavy atom. The highest BCUT2D eigenvalue weighted by Gasteiger charge is 2.17. The monoisotopic (exact) mass is 349 g/mol.